The number of nitrogens with one attached hydrogen (secondary N) is 2. The highest BCUT2D eigenvalue weighted by atomic mass is 14.9. The lowest BCUT2D eigenvalue weighted by Crippen LogP contribution is -2.23. The molecule has 2 heterocycles. The first-order chi connectivity index (χ1) is 8.66. The van der Waals surface area contributed by atoms with Gasteiger partial charge in [0, 0.05) is 22.6 Å². The van der Waals surface area contributed by atoms with Crippen molar-refractivity contribution in [2.24, 2.45) is 0 Å². The van der Waals surface area contributed by atoms with Gasteiger partial charge in [-0.2, -0.15) is 0 Å². The lowest BCUT2D eigenvalue weighted by Gasteiger charge is -2.11. The van der Waals surface area contributed by atoms with E-state index in [2.05, 4.69) is 43.2 Å². The van der Waals surface area contributed by atoms with E-state index in [1.54, 1.807) is 0 Å². The molecule has 2 nitrogen and oxygen atoms in total. The number of fused-ring (bicyclic) bond motifs is 1. The van der Waals surface area contributed by atoms with Crippen LogP contribution in [0.15, 0.2) is 12.1 Å². The standard InChI is InChI=1S/C16H22N2/c1-10-6-7-11(2)16-15(10)14(12(3)18-16)9-13-5-4-8-17-13/h6-7,13,17-18H,4-5,8-9H2,1-3H3. The van der Waals surface area contributed by atoms with E-state index in [-0.39, 0.29) is 0 Å². The summed E-state index contributed by atoms with van der Waals surface area (Å²) in [6, 6.07) is 5.13. The number of hydrogen-bond donors (Lipinski definition) is 2. The summed E-state index contributed by atoms with van der Waals surface area (Å²) in [7, 11) is 0. The molecule has 1 fully saturated rings. The van der Waals surface area contributed by atoms with Crippen LogP contribution in [0, 0.1) is 20.8 Å². The van der Waals surface area contributed by atoms with E-state index in [1.807, 2.05) is 0 Å². The molecule has 2 heteroatoms. The Morgan fingerprint density at radius 3 is 2.67 bits per heavy atom. The maximum absolute atomic E-state index is 3.61. The van der Waals surface area contributed by atoms with Crippen molar-refractivity contribution in [3.8, 4) is 0 Å². The molecular formula is C16H22N2. The van der Waals surface area contributed by atoms with Gasteiger partial charge >= 0.3 is 0 Å². The average molecular weight is 242 g/mol. The zero-order chi connectivity index (χ0) is 12.7. The largest absolute Gasteiger partial charge is 0.358 e. The fraction of sp³-hybridized carbons (Fsp3) is 0.500. The second-order valence-electron chi connectivity index (χ2n) is 5.68. The first-order valence-electron chi connectivity index (χ1n) is 6.97. The molecule has 2 aromatic rings. The summed E-state index contributed by atoms with van der Waals surface area (Å²) >= 11 is 0. The van der Waals surface area contributed by atoms with Gasteiger partial charge in [0.1, 0.15) is 0 Å². The third-order valence-corrected chi connectivity index (χ3v) is 4.30. The second-order valence-corrected chi connectivity index (χ2v) is 5.68. The molecule has 0 spiro atoms. The topological polar surface area (TPSA) is 27.8 Å². The number of aryl methyl sites for hydroxylation is 3. The molecule has 1 saturated heterocycles. The van der Waals surface area contributed by atoms with Crippen molar-refractivity contribution in [3.05, 3.63) is 34.5 Å². The molecule has 0 saturated carbocycles. The molecule has 0 radical (unpaired) electrons. The summed E-state index contributed by atoms with van der Waals surface area (Å²) < 4.78 is 0. The van der Waals surface area contributed by atoms with Crippen molar-refractivity contribution in [1.82, 2.24) is 10.3 Å². The maximum Gasteiger partial charge on any atom is 0.0491 e. The molecule has 0 aliphatic carbocycles. The van der Waals surface area contributed by atoms with Crippen molar-refractivity contribution in [3.63, 3.8) is 0 Å². The Morgan fingerprint density at radius 1 is 1.17 bits per heavy atom. The van der Waals surface area contributed by atoms with Crippen molar-refractivity contribution in [1.29, 1.82) is 0 Å². The molecule has 2 N–H and O–H groups in total. The molecule has 1 aromatic heterocycles. The van der Waals surface area contributed by atoms with Crippen LogP contribution < -0.4 is 5.32 Å². The Bertz CT molecular complexity index is 574. The number of aromatic amines is 1. The zero-order valence-electron chi connectivity index (χ0n) is 11.6. The minimum absolute atomic E-state index is 0.669. The van der Waals surface area contributed by atoms with Gasteiger partial charge < -0.3 is 10.3 Å². The summed E-state index contributed by atoms with van der Waals surface area (Å²) in [6.45, 7) is 7.81. The van der Waals surface area contributed by atoms with Gasteiger partial charge in [-0.15, -0.1) is 0 Å². The highest BCUT2D eigenvalue weighted by Crippen LogP contribution is 2.29. The van der Waals surface area contributed by atoms with Gasteiger partial charge in [0.05, 0.1) is 0 Å². The van der Waals surface area contributed by atoms with E-state index < -0.39 is 0 Å². The van der Waals surface area contributed by atoms with Crippen LogP contribution in [-0.4, -0.2) is 17.6 Å². The number of H-pyrrole nitrogens is 1. The van der Waals surface area contributed by atoms with Gasteiger partial charge in [0.25, 0.3) is 0 Å². The minimum Gasteiger partial charge on any atom is -0.358 e. The molecule has 1 unspecified atom stereocenters. The van der Waals surface area contributed by atoms with Crippen LogP contribution >= 0.6 is 0 Å². The second kappa shape index (κ2) is 4.43. The highest BCUT2D eigenvalue weighted by Gasteiger charge is 2.19. The van der Waals surface area contributed by atoms with E-state index in [0.29, 0.717) is 6.04 Å². The van der Waals surface area contributed by atoms with Crippen LogP contribution in [0.2, 0.25) is 0 Å². The number of hydrogen-bond acceptors (Lipinski definition) is 1. The monoisotopic (exact) mass is 242 g/mol. The van der Waals surface area contributed by atoms with Crippen LogP contribution in [0.3, 0.4) is 0 Å². The lowest BCUT2D eigenvalue weighted by atomic mass is 9.97. The Kier molecular flexibility index (Phi) is 2.90. The van der Waals surface area contributed by atoms with E-state index in [1.165, 1.54) is 52.7 Å². The molecule has 1 atom stereocenters. The number of benzene rings is 1. The maximum atomic E-state index is 3.61. The average Bonchev–Trinajstić information content (AvgIpc) is 2.95. The van der Waals surface area contributed by atoms with Gasteiger partial charge in [0.2, 0.25) is 0 Å². The summed E-state index contributed by atoms with van der Waals surface area (Å²) in [5, 5.41) is 5.07. The van der Waals surface area contributed by atoms with Gasteiger partial charge in [-0.05, 0) is 63.3 Å². The Morgan fingerprint density at radius 2 is 1.94 bits per heavy atom. The smallest absolute Gasteiger partial charge is 0.0491 e. The molecule has 3 rings (SSSR count). The normalized spacial score (nSPS) is 19.8. The van der Waals surface area contributed by atoms with Crippen LogP contribution in [0.25, 0.3) is 10.9 Å². The minimum atomic E-state index is 0.669. The van der Waals surface area contributed by atoms with Crippen molar-refractivity contribution >= 4 is 10.9 Å². The number of rotatable bonds is 2. The summed E-state index contributed by atoms with van der Waals surface area (Å²) in [4.78, 5) is 3.58. The lowest BCUT2D eigenvalue weighted by molar-refractivity contribution is 0.603. The number of aromatic nitrogens is 1. The Labute approximate surface area is 109 Å². The Hall–Kier alpha value is -1.28. The predicted molar refractivity (Wildman–Crippen MR) is 77.2 cm³/mol. The SMILES string of the molecule is Cc1[nH]c2c(C)ccc(C)c2c1CC1CCCN1. The molecule has 96 valence electrons. The van der Waals surface area contributed by atoms with Crippen LogP contribution in [-0.2, 0) is 6.42 Å². The molecule has 0 amide bonds. The van der Waals surface area contributed by atoms with Crippen molar-refractivity contribution < 1.29 is 0 Å². The fourth-order valence-electron chi connectivity index (χ4n) is 3.24. The van der Waals surface area contributed by atoms with Crippen molar-refractivity contribution in [2.45, 2.75) is 46.1 Å². The van der Waals surface area contributed by atoms with Crippen LogP contribution in [0.1, 0.15) is 35.2 Å². The van der Waals surface area contributed by atoms with E-state index >= 15 is 0 Å². The molecule has 1 aromatic carbocycles. The highest BCUT2D eigenvalue weighted by molar-refractivity contribution is 5.90. The first kappa shape index (κ1) is 11.8. The van der Waals surface area contributed by atoms with Gasteiger partial charge in [-0.3, -0.25) is 0 Å². The van der Waals surface area contributed by atoms with Crippen LogP contribution in [0.4, 0.5) is 0 Å². The van der Waals surface area contributed by atoms with Crippen molar-refractivity contribution in [2.75, 3.05) is 6.54 Å². The van der Waals surface area contributed by atoms with Crippen LogP contribution in [0.5, 0.6) is 0 Å². The molecule has 1 aliphatic heterocycles. The first-order valence-corrected chi connectivity index (χ1v) is 6.97. The molecule has 18 heavy (non-hydrogen) atoms. The zero-order valence-corrected chi connectivity index (χ0v) is 11.6. The summed E-state index contributed by atoms with van der Waals surface area (Å²) in [5.41, 5.74) is 6.94. The van der Waals surface area contributed by atoms with E-state index in [4.69, 9.17) is 0 Å². The fourth-order valence-corrected chi connectivity index (χ4v) is 3.24. The van der Waals surface area contributed by atoms with Gasteiger partial charge in [0.15, 0.2) is 0 Å². The third-order valence-electron chi connectivity index (χ3n) is 4.30. The van der Waals surface area contributed by atoms with E-state index in [9.17, 15) is 0 Å². The molecule has 1 aliphatic rings. The molecule has 0 bridgehead atoms. The van der Waals surface area contributed by atoms with Gasteiger partial charge in [-0.25, -0.2) is 0 Å². The Balaban J connectivity index is 2.09. The van der Waals surface area contributed by atoms with E-state index in [0.717, 1.165) is 6.42 Å². The summed E-state index contributed by atoms with van der Waals surface area (Å²) in [6.07, 6.45) is 3.80. The van der Waals surface area contributed by atoms with Gasteiger partial charge in [-0.1, -0.05) is 12.1 Å². The quantitative estimate of drug-likeness (QED) is 0.830. The third kappa shape index (κ3) is 1.85. The molecular weight excluding hydrogens is 220 g/mol. The summed E-state index contributed by atoms with van der Waals surface area (Å²) in [5.74, 6) is 0. The predicted octanol–water partition coefficient (Wildman–Crippen LogP) is 3.39.